The first-order valence-corrected chi connectivity index (χ1v) is 8.35. The summed E-state index contributed by atoms with van der Waals surface area (Å²) in [5.41, 5.74) is 0.908. The number of hydrogen-bond donors (Lipinski definition) is 1. The van der Waals surface area contributed by atoms with E-state index < -0.39 is 11.9 Å². The Morgan fingerprint density at radius 1 is 1.00 bits per heavy atom. The molecule has 2 amide bonds. The summed E-state index contributed by atoms with van der Waals surface area (Å²) < 4.78 is 4.72. The maximum atomic E-state index is 12.5. The molecule has 1 aliphatic rings. The summed E-state index contributed by atoms with van der Waals surface area (Å²) in [5.74, 6) is -1.23. The Labute approximate surface area is 151 Å². The van der Waals surface area contributed by atoms with E-state index in [-0.39, 0.29) is 22.9 Å². The Kier molecular flexibility index (Phi) is 5.26. The number of esters is 1. The summed E-state index contributed by atoms with van der Waals surface area (Å²) in [6.45, 7) is 1.42. The highest BCUT2D eigenvalue weighted by Gasteiger charge is 2.22. The predicted molar refractivity (Wildman–Crippen MR) is 95.1 cm³/mol. The van der Waals surface area contributed by atoms with E-state index in [0.29, 0.717) is 18.8 Å². The summed E-state index contributed by atoms with van der Waals surface area (Å²) in [6.07, 6.45) is 1.96. The topological polar surface area (TPSA) is 88.6 Å². The molecule has 0 saturated carbocycles. The third-order valence-corrected chi connectivity index (χ3v) is 4.17. The van der Waals surface area contributed by atoms with Gasteiger partial charge in [-0.2, -0.15) is 0 Å². The van der Waals surface area contributed by atoms with E-state index in [9.17, 15) is 14.4 Å². The molecule has 1 N–H and O–H groups in total. The standard InChI is InChI=1S/C19H19N3O4/c1-26-19(25)13-7-2-3-8-14(13)21-17(23)15-9-6-10-16(20-15)18(24)22-11-4-5-12-22/h2-3,6-10H,4-5,11-12H2,1H3,(H,21,23). The molecule has 0 bridgehead atoms. The number of rotatable bonds is 4. The zero-order chi connectivity index (χ0) is 18.5. The number of likely N-dealkylation sites (tertiary alicyclic amines) is 1. The van der Waals surface area contributed by atoms with Crippen LogP contribution in [0.2, 0.25) is 0 Å². The number of nitrogens with zero attached hydrogens (tertiary/aromatic N) is 2. The van der Waals surface area contributed by atoms with Crippen LogP contribution in [-0.2, 0) is 4.74 Å². The van der Waals surface area contributed by atoms with Crippen molar-refractivity contribution in [3.8, 4) is 0 Å². The summed E-state index contributed by atoms with van der Waals surface area (Å²) in [5, 5.41) is 2.65. The molecule has 1 fully saturated rings. The Morgan fingerprint density at radius 2 is 1.69 bits per heavy atom. The minimum Gasteiger partial charge on any atom is -0.465 e. The number of hydrogen-bond acceptors (Lipinski definition) is 5. The van der Waals surface area contributed by atoms with Gasteiger partial charge in [-0.05, 0) is 37.1 Å². The van der Waals surface area contributed by atoms with E-state index in [2.05, 4.69) is 10.3 Å². The van der Waals surface area contributed by atoms with Crippen LogP contribution in [0.25, 0.3) is 0 Å². The normalized spacial score (nSPS) is 13.3. The van der Waals surface area contributed by atoms with Gasteiger partial charge in [-0.1, -0.05) is 18.2 Å². The number of methoxy groups -OCH3 is 1. The fourth-order valence-corrected chi connectivity index (χ4v) is 2.83. The first-order valence-electron chi connectivity index (χ1n) is 8.35. The first-order chi connectivity index (χ1) is 12.6. The number of ether oxygens (including phenoxy) is 1. The highest BCUT2D eigenvalue weighted by Crippen LogP contribution is 2.17. The van der Waals surface area contributed by atoms with Gasteiger partial charge in [-0.15, -0.1) is 0 Å². The van der Waals surface area contributed by atoms with Gasteiger partial charge in [0.1, 0.15) is 11.4 Å². The second-order valence-corrected chi connectivity index (χ2v) is 5.90. The van der Waals surface area contributed by atoms with Gasteiger partial charge in [0.2, 0.25) is 0 Å². The Morgan fingerprint density at radius 3 is 2.42 bits per heavy atom. The zero-order valence-electron chi connectivity index (χ0n) is 14.4. The van der Waals surface area contributed by atoms with Gasteiger partial charge in [-0.25, -0.2) is 9.78 Å². The molecule has 0 radical (unpaired) electrons. The zero-order valence-corrected chi connectivity index (χ0v) is 14.4. The molecule has 3 rings (SSSR count). The van der Waals surface area contributed by atoms with Gasteiger partial charge in [0.05, 0.1) is 18.4 Å². The van der Waals surface area contributed by atoms with E-state index in [0.717, 1.165) is 12.8 Å². The highest BCUT2D eigenvalue weighted by atomic mass is 16.5. The predicted octanol–water partition coefficient (Wildman–Crippen LogP) is 2.36. The Hall–Kier alpha value is -3.22. The van der Waals surface area contributed by atoms with Gasteiger partial charge >= 0.3 is 5.97 Å². The van der Waals surface area contributed by atoms with Gasteiger partial charge < -0.3 is 15.0 Å². The third-order valence-electron chi connectivity index (χ3n) is 4.17. The van der Waals surface area contributed by atoms with Crippen molar-refractivity contribution in [2.45, 2.75) is 12.8 Å². The molecule has 1 aliphatic heterocycles. The van der Waals surface area contributed by atoms with Crippen LogP contribution < -0.4 is 5.32 Å². The number of carbonyl (C=O) groups excluding carboxylic acids is 3. The van der Waals surface area contributed by atoms with E-state index in [1.807, 2.05) is 0 Å². The largest absolute Gasteiger partial charge is 0.465 e. The second kappa shape index (κ2) is 7.77. The maximum absolute atomic E-state index is 12.5. The SMILES string of the molecule is COC(=O)c1ccccc1NC(=O)c1cccc(C(=O)N2CCCC2)n1. The maximum Gasteiger partial charge on any atom is 0.339 e. The number of anilines is 1. The molecular weight excluding hydrogens is 334 g/mol. The summed E-state index contributed by atoms with van der Waals surface area (Å²) in [7, 11) is 1.27. The van der Waals surface area contributed by atoms with Gasteiger partial charge in [-0.3, -0.25) is 9.59 Å². The van der Waals surface area contributed by atoms with E-state index in [4.69, 9.17) is 4.74 Å². The van der Waals surface area contributed by atoms with Crippen molar-refractivity contribution in [3.05, 3.63) is 59.4 Å². The van der Waals surface area contributed by atoms with Crippen molar-refractivity contribution in [2.75, 3.05) is 25.5 Å². The fraction of sp³-hybridized carbons (Fsp3) is 0.263. The number of aromatic nitrogens is 1. The summed E-state index contributed by atoms with van der Waals surface area (Å²) >= 11 is 0. The van der Waals surface area contributed by atoms with Crippen LogP contribution in [0.1, 0.15) is 44.2 Å². The number of pyridine rings is 1. The van der Waals surface area contributed by atoms with E-state index in [1.54, 1.807) is 41.3 Å². The van der Waals surface area contributed by atoms with Crippen molar-refractivity contribution in [3.63, 3.8) is 0 Å². The Balaban J connectivity index is 1.80. The van der Waals surface area contributed by atoms with Gasteiger partial charge in [0, 0.05) is 13.1 Å². The minimum atomic E-state index is -0.549. The molecule has 2 heterocycles. The quantitative estimate of drug-likeness (QED) is 0.853. The molecule has 7 heteroatoms. The van der Waals surface area contributed by atoms with Crippen molar-refractivity contribution in [2.24, 2.45) is 0 Å². The molecule has 0 aliphatic carbocycles. The van der Waals surface area contributed by atoms with Crippen LogP contribution in [0.15, 0.2) is 42.5 Å². The van der Waals surface area contributed by atoms with Crippen LogP contribution in [0, 0.1) is 0 Å². The van der Waals surface area contributed by atoms with Crippen molar-refractivity contribution >= 4 is 23.5 Å². The van der Waals surface area contributed by atoms with Crippen LogP contribution in [0.4, 0.5) is 5.69 Å². The van der Waals surface area contributed by atoms with Crippen molar-refractivity contribution in [1.82, 2.24) is 9.88 Å². The van der Waals surface area contributed by atoms with Gasteiger partial charge in [0.25, 0.3) is 11.8 Å². The van der Waals surface area contributed by atoms with Crippen LogP contribution in [-0.4, -0.2) is 47.9 Å². The number of benzene rings is 1. The third kappa shape index (κ3) is 3.72. The average Bonchev–Trinajstić information content (AvgIpc) is 3.22. The molecule has 0 spiro atoms. The lowest BCUT2D eigenvalue weighted by molar-refractivity contribution is 0.0601. The molecule has 1 saturated heterocycles. The van der Waals surface area contributed by atoms with Crippen LogP contribution in [0.5, 0.6) is 0 Å². The molecule has 1 aromatic carbocycles. The lowest BCUT2D eigenvalue weighted by atomic mass is 10.1. The first kappa shape index (κ1) is 17.6. The number of carbonyl (C=O) groups is 3. The number of nitrogens with one attached hydrogen (secondary N) is 1. The molecule has 7 nitrogen and oxygen atoms in total. The van der Waals surface area contributed by atoms with Crippen LogP contribution in [0.3, 0.4) is 0 Å². The second-order valence-electron chi connectivity index (χ2n) is 5.90. The van der Waals surface area contributed by atoms with E-state index >= 15 is 0 Å². The molecule has 134 valence electrons. The Bertz CT molecular complexity index is 844. The van der Waals surface area contributed by atoms with Crippen molar-refractivity contribution < 1.29 is 19.1 Å². The summed E-state index contributed by atoms with van der Waals surface area (Å²) in [6, 6.07) is 11.3. The highest BCUT2D eigenvalue weighted by molar-refractivity contribution is 6.07. The summed E-state index contributed by atoms with van der Waals surface area (Å²) in [4.78, 5) is 42.7. The van der Waals surface area contributed by atoms with E-state index in [1.165, 1.54) is 13.2 Å². The molecule has 26 heavy (non-hydrogen) atoms. The average molecular weight is 353 g/mol. The number of para-hydroxylation sites is 1. The fourth-order valence-electron chi connectivity index (χ4n) is 2.83. The smallest absolute Gasteiger partial charge is 0.339 e. The monoisotopic (exact) mass is 353 g/mol. The molecule has 0 atom stereocenters. The van der Waals surface area contributed by atoms with Crippen molar-refractivity contribution in [1.29, 1.82) is 0 Å². The molecule has 2 aromatic rings. The molecule has 0 unspecified atom stereocenters. The number of amides is 2. The van der Waals surface area contributed by atoms with Gasteiger partial charge in [0.15, 0.2) is 0 Å². The van der Waals surface area contributed by atoms with Crippen LogP contribution >= 0.6 is 0 Å². The lowest BCUT2D eigenvalue weighted by Crippen LogP contribution is -2.29. The minimum absolute atomic E-state index is 0.106. The lowest BCUT2D eigenvalue weighted by Gasteiger charge is -2.15. The molecular formula is C19H19N3O4. The molecule has 1 aromatic heterocycles.